The average molecular weight is 368 g/mol. The zero-order chi connectivity index (χ0) is 18.8. The molecule has 0 atom stereocenters. The van der Waals surface area contributed by atoms with Crippen molar-refractivity contribution < 1.29 is 4.79 Å². The lowest BCUT2D eigenvalue weighted by Gasteiger charge is -2.20. The van der Waals surface area contributed by atoms with E-state index < -0.39 is 0 Å². The number of nitrogens with zero attached hydrogens (tertiary/aromatic N) is 3. The van der Waals surface area contributed by atoms with Crippen molar-refractivity contribution in [1.82, 2.24) is 9.47 Å². The molecule has 3 rings (SSSR count). The molecule has 26 heavy (non-hydrogen) atoms. The van der Waals surface area contributed by atoms with Gasteiger partial charge in [0.15, 0.2) is 5.17 Å². The standard InChI is InChI=1S/C21H25N3OS/c1-14(2)22-21-24(15(3)4)20(25)19(26-21)13-17-10-8-12-23(17)18-11-7-6-9-16(18)5/h6-15H,1-5H3/b19-13+,22-21?. The van der Waals surface area contributed by atoms with Gasteiger partial charge in [0.25, 0.3) is 5.91 Å². The Balaban J connectivity index is 2.01. The second kappa shape index (κ2) is 7.54. The molecule has 1 amide bonds. The number of hydrogen-bond acceptors (Lipinski definition) is 3. The molecule has 4 nitrogen and oxygen atoms in total. The van der Waals surface area contributed by atoms with Gasteiger partial charge in [0.1, 0.15) is 0 Å². The van der Waals surface area contributed by atoms with Gasteiger partial charge in [-0.2, -0.15) is 0 Å². The summed E-state index contributed by atoms with van der Waals surface area (Å²) in [7, 11) is 0. The van der Waals surface area contributed by atoms with E-state index in [1.165, 1.54) is 17.3 Å². The molecular formula is C21H25N3OS. The Morgan fingerprint density at radius 2 is 1.81 bits per heavy atom. The Kier molecular flexibility index (Phi) is 5.37. The lowest BCUT2D eigenvalue weighted by atomic mass is 10.2. The molecule has 136 valence electrons. The molecule has 1 saturated heterocycles. The number of hydrogen-bond donors (Lipinski definition) is 0. The predicted molar refractivity (Wildman–Crippen MR) is 111 cm³/mol. The molecule has 0 bridgehead atoms. The topological polar surface area (TPSA) is 37.6 Å². The molecule has 0 unspecified atom stereocenters. The highest BCUT2D eigenvalue weighted by Gasteiger charge is 2.35. The molecule has 1 aromatic heterocycles. The number of rotatable bonds is 4. The molecule has 0 saturated carbocycles. The lowest BCUT2D eigenvalue weighted by Crippen LogP contribution is -2.35. The zero-order valence-electron chi connectivity index (χ0n) is 15.9. The van der Waals surface area contributed by atoms with Crippen LogP contribution in [-0.2, 0) is 4.79 Å². The van der Waals surface area contributed by atoms with Crippen molar-refractivity contribution >= 4 is 28.9 Å². The highest BCUT2D eigenvalue weighted by molar-refractivity contribution is 8.18. The van der Waals surface area contributed by atoms with Crippen LogP contribution < -0.4 is 0 Å². The Morgan fingerprint density at radius 1 is 1.08 bits per heavy atom. The molecule has 1 aromatic carbocycles. The van der Waals surface area contributed by atoms with Crippen LogP contribution in [0.15, 0.2) is 52.5 Å². The van der Waals surface area contributed by atoms with E-state index in [4.69, 9.17) is 0 Å². The van der Waals surface area contributed by atoms with Crippen molar-refractivity contribution in [3.63, 3.8) is 0 Å². The van der Waals surface area contributed by atoms with Gasteiger partial charge in [-0.05, 0) is 76.2 Å². The number of aromatic nitrogens is 1. The quantitative estimate of drug-likeness (QED) is 0.723. The number of para-hydroxylation sites is 1. The van der Waals surface area contributed by atoms with Crippen LogP contribution in [0.25, 0.3) is 11.8 Å². The molecule has 2 aromatic rings. The monoisotopic (exact) mass is 367 g/mol. The lowest BCUT2D eigenvalue weighted by molar-refractivity contribution is -0.123. The van der Waals surface area contributed by atoms with Gasteiger partial charge in [0.2, 0.25) is 0 Å². The zero-order valence-corrected chi connectivity index (χ0v) is 16.7. The van der Waals surface area contributed by atoms with E-state index in [2.05, 4.69) is 28.6 Å². The number of carbonyl (C=O) groups excluding carboxylic acids is 1. The highest BCUT2D eigenvalue weighted by atomic mass is 32.2. The molecule has 2 heterocycles. The first-order valence-electron chi connectivity index (χ1n) is 8.92. The number of thioether (sulfide) groups is 1. The first-order valence-corrected chi connectivity index (χ1v) is 9.74. The molecule has 1 aliphatic heterocycles. The molecular weight excluding hydrogens is 342 g/mol. The minimum atomic E-state index is 0.0296. The second-order valence-corrected chi connectivity index (χ2v) is 7.98. The summed E-state index contributed by atoms with van der Waals surface area (Å²) in [6, 6.07) is 12.5. The normalized spacial score (nSPS) is 18.1. The van der Waals surface area contributed by atoms with Crippen LogP contribution >= 0.6 is 11.8 Å². The summed E-state index contributed by atoms with van der Waals surface area (Å²) in [6.07, 6.45) is 4.00. The van der Waals surface area contributed by atoms with Crippen molar-refractivity contribution in [1.29, 1.82) is 0 Å². The molecule has 0 spiro atoms. The number of aryl methyl sites for hydroxylation is 1. The van der Waals surface area contributed by atoms with E-state index in [9.17, 15) is 4.79 Å². The Labute approximate surface area is 159 Å². The highest BCUT2D eigenvalue weighted by Crippen LogP contribution is 2.34. The van der Waals surface area contributed by atoms with Gasteiger partial charge in [0.05, 0.1) is 4.91 Å². The third-order valence-corrected chi connectivity index (χ3v) is 5.15. The SMILES string of the molecule is Cc1ccccc1-n1cccc1/C=C1/SC(=NC(C)C)N(C(C)C)C1=O. The summed E-state index contributed by atoms with van der Waals surface area (Å²) >= 11 is 1.46. The third-order valence-electron chi connectivity index (χ3n) is 4.16. The van der Waals surface area contributed by atoms with Gasteiger partial charge < -0.3 is 4.57 Å². The number of aliphatic imine (C=N–C) groups is 1. The van der Waals surface area contributed by atoms with Gasteiger partial charge in [-0.15, -0.1) is 0 Å². The van der Waals surface area contributed by atoms with E-state index in [0.29, 0.717) is 4.91 Å². The number of carbonyl (C=O) groups is 1. The van der Waals surface area contributed by atoms with E-state index in [1.54, 1.807) is 4.90 Å². The Morgan fingerprint density at radius 3 is 2.46 bits per heavy atom. The number of amidine groups is 1. The molecule has 0 N–H and O–H groups in total. The fraction of sp³-hybridized carbons (Fsp3) is 0.333. The van der Waals surface area contributed by atoms with Crippen molar-refractivity contribution in [3.8, 4) is 5.69 Å². The number of amides is 1. The van der Waals surface area contributed by atoms with Crippen LogP contribution in [-0.4, -0.2) is 32.6 Å². The number of benzene rings is 1. The first kappa shape index (κ1) is 18.5. The average Bonchev–Trinajstić information content (AvgIpc) is 3.13. The van der Waals surface area contributed by atoms with Crippen LogP contribution in [0.5, 0.6) is 0 Å². The molecule has 1 fully saturated rings. The van der Waals surface area contributed by atoms with Crippen molar-refractivity contribution in [3.05, 3.63) is 58.8 Å². The van der Waals surface area contributed by atoms with Gasteiger partial charge >= 0.3 is 0 Å². The van der Waals surface area contributed by atoms with Crippen LogP contribution in [0.3, 0.4) is 0 Å². The van der Waals surface area contributed by atoms with Crippen molar-refractivity contribution in [2.45, 2.75) is 46.7 Å². The fourth-order valence-electron chi connectivity index (χ4n) is 2.95. The van der Waals surface area contributed by atoms with E-state index >= 15 is 0 Å². The minimum absolute atomic E-state index is 0.0296. The van der Waals surface area contributed by atoms with Crippen LogP contribution in [0.1, 0.15) is 39.0 Å². The fourth-order valence-corrected chi connectivity index (χ4v) is 4.17. The maximum atomic E-state index is 12.9. The van der Waals surface area contributed by atoms with E-state index in [1.807, 2.05) is 64.2 Å². The van der Waals surface area contributed by atoms with Gasteiger partial charge in [0, 0.05) is 29.7 Å². The predicted octanol–water partition coefficient (Wildman–Crippen LogP) is 4.87. The summed E-state index contributed by atoms with van der Waals surface area (Å²) < 4.78 is 2.12. The second-order valence-electron chi connectivity index (χ2n) is 6.97. The summed E-state index contributed by atoms with van der Waals surface area (Å²) in [5, 5.41) is 0.792. The molecule has 0 aliphatic carbocycles. The summed E-state index contributed by atoms with van der Waals surface area (Å²) in [4.78, 5) is 20.1. The van der Waals surface area contributed by atoms with Crippen LogP contribution in [0.2, 0.25) is 0 Å². The third kappa shape index (κ3) is 3.63. The summed E-state index contributed by atoms with van der Waals surface area (Å²) in [5.41, 5.74) is 3.31. The smallest absolute Gasteiger partial charge is 0.267 e. The molecule has 1 aliphatic rings. The van der Waals surface area contributed by atoms with Gasteiger partial charge in [-0.3, -0.25) is 14.7 Å². The largest absolute Gasteiger partial charge is 0.317 e. The van der Waals surface area contributed by atoms with E-state index in [0.717, 1.165) is 16.5 Å². The first-order chi connectivity index (χ1) is 12.4. The van der Waals surface area contributed by atoms with Crippen molar-refractivity contribution in [2.75, 3.05) is 0 Å². The minimum Gasteiger partial charge on any atom is -0.317 e. The van der Waals surface area contributed by atoms with E-state index in [-0.39, 0.29) is 18.0 Å². The van der Waals surface area contributed by atoms with Crippen molar-refractivity contribution in [2.24, 2.45) is 4.99 Å². The molecule has 5 heteroatoms. The van der Waals surface area contributed by atoms with Gasteiger partial charge in [-0.1, -0.05) is 18.2 Å². The summed E-state index contributed by atoms with van der Waals surface area (Å²) in [6.45, 7) is 10.2. The Hall–Kier alpha value is -2.27. The maximum absolute atomic E-state index is 12.9. The van der Waals surface area contributed by atoms with Crippen LogP contribution in [0, 0.1) is 6.92 Å². The van der Waals surface area contributed by atoms with Gasteiger partial charge in [-0.25, -0.2) is 0 Å². The maximum Gasteiger partial charge on any atom is 0.267 e. The summed E-state index contributed by atoms with van der Waals surface area (Å²) in [5.74, 6) is 0.0296. The van der Waals surface area contributed by atoms with Crippen LogP contribution in [0.4, 0.5) is 0 Å². The Bertz CT molecular complexity index is 877. The molecule has 0 radical (unpaired) electrons.